The maximum Gasteiger partial charge on any atom is 0.323 e. The lowest BCUT2D eigenvalue weighted by molar-refractivity contribution is -0.141. The van der Waals surface area contributed by atoms with Crippen LogP contribution < -0.4 is 15.0 Å². The van der Waals surface area contributed by atoms with Crippen molar-refractivity contribution in [3.63, 3.8) is 0 Å². The fourth-order valence-corrected chi connectivity index (χ4v) is 3.29. The number of methoxy groups -OCH3 is 2. The molecule has 2 aromatic rings. The Balaban J connectivity index is 2.66. The number of carbonyl (C=O) groups excluding carboxylic acids is 1. The number of carboxylic acids is 1. The zero-order chi connectivity index (χ0) is 24.0. The molecule has 0 aliphatic heterocycles. The predicted octanol–water partition coefficient (Wildman–Crippen LogP) is 2.61. The second kappa shape index (κ2) is 10.5. The number of aromatic nitrogens is 1. The molecule has 0 bridgehead atoms. The number of aliphatic carboxylic acids is 1. The second-order valence-electron chi connectivity index (χ2n) is 7.36. The molecule has 1 atom stereocenters. The summed E-state index contributed by atoms with van der Waals surface area (Å²) < 4.78 is 16.9. The van der Waals surface area contributed by atoms with Crippen LogP contribution in [0, 0.1) is 6.92 Å². The molecule has 1 heterocycles. The first-order valence-corrected chi connectivity index (χ1v) is 9.76. The summed E-state index contributed by atoms with van der Waals surface area (Å²) in [5, 5.41) is 19.8. The number of carboxylic acid groups (broad SMARTS) is 1. The van der Waals surface area contributed by atoms with E-state index in [2.05, 4.69) is 6.58 Å². The number of nitrogens with zero attached hydrogens (tertiary/aromatic N) is 1. The molecule has 1 aromatic carbocycles. The van der Waals surface area contributed by atoms with Crippen LogP contribution in [0.25, 0.3) is 0 Å². The Morgan fingerprint density at radius 3 is 2.44 bits per heavy atom. The first-order chi connectivity index (χ1) is 15.1. The SMILES string of the molecule is C=C(C)COc1ccc([C@@H](CC(=O)OC)c2c(O)cc(C)n(CC(=O)O)c2=O)cc1OC. The Bertz CT molecular complexity index is 1090. The first-order valence-electron chi connectivity index (χ1n) is 9.76. The van der Waals surface area contributed by atoms with E-state index in [1.165, 1.54) is 27.2 Å². The molecule has 0 unspecified atom stereocenters. The number of esters is 1. The summed E-state index contributed by atoms with van der Waals surface area (Å²) in [6.45, 7) is 6.81. The summed E-state index contributed by atoms with van der Waals surface area (Å²) in [7, 11) is 2.66. The standard InChI is InChI=1S/C23H27NO8/c1-13(2)12-32-18-7-6-15(9-19(18)30-4)16(10-21(28)31-5)22-17(25)8-14(3)24(23(22)29)11-20(26)27/h6-9,16,25H,1,10-12H2,2-5H3,(H,26,27)/t16-/m1/s1. The normalized spacial score (nSPS) is 11.5. The molecule has 0 fully saturated rings. The highest BCUT2D eigenvalue weighted by Gasteiger charge is 2.28. The van der Waals surface area contributed by atoms with Crippen LogP contribution in [0.3, 0.4) is 0 Å². The molecule has 9 heteroatoms. The Labute approximate surface area is 185 Å². The summed E-state index contributed by atoms with van der Waals surface area (Å²) >= 11 is 0. The molecular weight excluding hydrogens is 418 g/mol. The van der Waals surface area contributed by atoms with Crippen molar-refractivity contribution in [3.8, 4) is 17.2 Å². The number of rotatable bonds is 10. The van der Waals surface area contributed by atoms with Gasteiger partial charge in [0.25, 0.3) is 5.56 Å². The van der Waals surface area contributed by atoms with Crippen LogP contribution in [0.5, 0.6) is 17.2 Å². The molecular formula is C23H27NO8. The molecule has 0 saturated heterocycles. The number of benzene rings is 1. The highest BCUT2D eigenvalue weighted by Crippen LogP contribution is 2.37. The summed E-state index contributed by atoms with van der Waals surface area (Å²) in [6.07, 6.45) is -0.259. The van der Waals surface area contributed by atoms with Crippen molar-refractivity contribution in [3.05, 3.63) is 63.6 Å². The molecule has 0 radical (unpaired) electrons. The molecule has 0 saturated carbocycles. The minimum Gasteiger partial charge on any atom is -0.507 e. The Hall–Kier alpha value is -3.75. The van der Waals surface area contributed by atoms with Gasteiger partial charge in [0.15, 0.2) is 11.5 Å². The Morgan fingerprint density at radius 2 is 1.88 bits per heavy atom. The highest BCUT2D eigenvalue weighted by atomic mass is 16.5. The van der Waals surface area contributed by atoms with Crippen LogP contribution in [-0.2, 0) is 20.9 Å². The Morgan fingerprint density at radius 1 is 1.19 bits per heavy atom. The van der Waals surface area contributed by atoms with E-state index in [0.29, 0.717) is 17.1 Å². The van der Waals surface area contributed by atoms with E-state index >= 15 is 0 Å². The lowest BCUT2D eigenvalue weighted by Gasteiger charge is -2.21. The molecule has 32 heavy (non-hydrogen) atoms. The monoisotopic (exact) mass is 445 g/mol. The third-order valence-corrected chi connectivity index (χ3v) is 4.83. The van der Waals surface area contributed by atoms with Crippen molar-refractivity contribution in [2.45, 2.75) is 32.7 Å². The van der Waals surface area contributed by atoms with Crippen LogP contribution >= 0.6 is 0 Å². The van der Waals surface area contributed by atoms with Crippen LogP contribution in [0.15, 0.2) is 41.2 Å². The number of aryl methyl sites for hydroxylation is 1. The van der Waals surface area contributed by atoms with E-state index in [1.807, 2.05) is 6.92 Å². The zero-order valence-corrected chi connectivity index (χ0v) is 18.5. The lowest BCUT2D eigenvalue weighted by atomic mass is 9.88. The quantitative estimate of drug-likeness (QED) is 0.422. The molecule has 2 rings (SSSR count). The molecule has 0 amide bonds. The third-order valence-electron chi connectivity index (χ3n) is 4.83. The van der Waals surface area contributed by atoms with Gasteiger partial charge in [0.05, 0.1) is 26.2 Å². The number of ether oxygens (including phenoxy) is 3. The van der Waals surface area contributed by atoms with Gasteiger partial charge in [0, 0.05) is 11.6 Å². The van der Waals surface area contributed by atoms with Gasteiger partial charge in [-0.1, -0.05) is 12.6 Å². The van der Waals surface area contributed by atoms with Gasteiger partial charge < -0.3 is 29.0 Å². The minimum absolute atomic E-state index is 0.111. The van der Waals surface area contributed by atoms with Crippen molar-refractivity contribution < 1.29 is 34.0 Å². The molecule has 2 N–H and O–H groups in total. The number of aromatic hydroxyl groups is 1. The van der Waals surface area contributed by atoms with E-state index < -0.39 is 30.0 Å². The summed E-state index contributed by atoms with van der Waals surface area (Å²) in [5.74, 6) is -2.29. The topological polar surface area (TPSA) is 124 Å². The summed E-state index contributed by atoms with van der Waals surface area (Å²) in [5.41, 5.74) is 0.744. The van der Waals surface area contributed by atoms with Gasteiger partial charge in [-0.05, 0) is 43.2 Å². The molecule has 1 aromatic heterocycles. The van der Waals surface area contributed by atoms with Gasteiger partial charge in [-0.15, -0.1) is 0 Å². The maximum absolute atomic E-state index is 13.2. The van der Waals surface area contributed by atoms with Crippen LogP contribution in [-0.4, -0.2) is 47.5 Å². The molecule has 0 aliphatic rings. The van der Waals surface area contributed by atoms with Crippen molar-refractivity contribution in [1.82, 2.24) is 4.57 Å². The molecule has 172 valence electrons. The van der Waals surface area contributed by atoms with E-state index in [9.17, 15) is 24.6 Å². The lowest BCUT2D eigenvalue weighted by Crippen LogP contribution is -2.30. The Kier molecular flexibility index (Phi) is 8.06. The number of carbonyl (C=O) groups is 2. The van der Waals surface area contributed by atoms with Crippen LogP contribution in [0.1, 0.15) is 36.1 Å². The van der Waals surface area contributed by atoms with Gasteiger partial charge in [-0.3, -0.25) is 14.4 Å². The zero-order valence-electron chi connectivity index (χ0n) is 18.5. The first kappa shape index (κ1) is 24.5. The maximum atomic E-state index is 13.2. The number of hydrogen-bond donors (Lipinski definition) is 2. The fraction of sp³-hybridized carbons (Fsp3) is 0.348. The van der Waals surface area contributed by atoms with Crippen molar-refractivity contribution in [2.24, 2.45) is 0 Å². The van der Waals surface area contributed by atoms with Gasteiger partial charge >= 0.3 is 11.9 Å². The predicted molar refractivity (Wildman–Crippen MR) is 117 cm³/mol. The van der Waals surface area contributed by atoms with Gasteiger partial charge in [0.1, 0.15) is 18.9 Å². The van der Waals surface area contributed by atoms with Gasteiger partial charge in [-0.25, -0.2) is 0 Å². The average Bonchev–Trinajstić information content (AvgIpc) is 2.73. The fourth-order valence-electron chi connectivity index (χ4n) is 3.29. The number of hydrogen-bond acceptors (Lipinski definition) is 7. The van der Waals surface area contributed by atoms with E-state index in [1.54, 1.807) is 18.2 Å². The minimum atomic E-state index is -1.21. The summed E-state index contributed by atoms with van der Waals surface area (Å²) in [4.78, 5) is 36.5. The van der Waals surface area contributed by atoms with E-state index in [0.717, 1.165) is 10.1 Å². The van der Waals surface area contributed by atoms with E-state index in [-0.39, 0.29) is 30.0 Å². The largest absolute Gasteiger partial charge is 0.507 e. The summed E-state index contributed by atoms with van der Waals surface area (Å²) in [6, 6.07) is 6.17. The second-order valence-corrected chi connectivity index (χ2v) is 7.36. The van der Waals surface area contributed by atoms with Crippen molar-refractivity contribution >= 4 is 11.9 Å². The smallest absolute Gasteiger partial charge is 0.323 e. The van der Waals surface area contributed by atoms with E-state index in [4.69, 9.17) is 14.2 Å². The van der Waals surface area contributed by atoms with Crippen LogP contribution in [0.2, 0.25) is 0 Å². The number of pyridine rings is 1. The molecule has 0 aliphatic carbocycles. The van der Waals surface area contributed by atoms with Crippen molar-refractivity contribution in [1.29, 1.82) is 0 Å². The highest BCUT2D eigenvalue weighted by molar-refractivity contribution is 5.72. The van der Waals surface area contributed by atoms with Crippen LogP contribution in [0.4, 0.5) is 0 Å². The molecule has 0 spiro atoms. The average molecular weight is 445 g/mol. The van der Waals surface area contributed by atoms with Gasteiger partial charge in [0.2, 0.25) is 0 Å². The van der Waals surface area contributed by atoms with Crippen molar-refractivity contribution in [2.75, 3.05) is 20.8 Å². The molecule has 9 nitrogen and oxygen atoms in total. The van der Waals surface area contributed by atoms with Gasteiger partial charge in [-0.2, -0.15) is 0 Å². The third kappa shape index (κ3) is 5.69.